The van der Waals surface area contributed by atoms with Gasteiger partial charge in [-0.2, -0.15) is 0 Å². The molecule has 3 nitrogen and oxygen atoms in total. The number of phenolic OH excluding ortho intramolecular Hbond substituents is 1. The van der Waals surface area contributed by atoms with Crippen molar-refractivity contribution in [1.82, 2.24) is 4.98 Å². The van der Waals surface area contributed by atoms with Crippen molar-refractivity contribution in [3.8, 4) is 5.75 Å². The zero-order valence-electron chi connectivity index (χ0n) is 12.0. The van der Waals surface area contributed by atoms with E-state index in [1.807, 2.05) is 23.9 Å². The summed E-state index contributed by atoms with van der Waals surface area (Å²) >= 11 is 3.30. The molecule has 1 aliphatic heterocycles. The monoisotopic (exact) mass is 331 g/mol. The van der Waals surface area contributed by atoms with E-state index in [4.69, 9.17) is 0 Å². The molecule has 0 radical (unpaired) electrons. The molecular formula is C17H17NO2S2. The molecule has 5 rings (SSSR count). The van der Waals surface area contributed by atoms with Crippen LogP contribution in [0.5, 0.6) is 5.75 Å². The Hall–Kier alpha value is -1.20. The van der Waals surface area contributed by atoms with Gasteiger partial charge in [-0.25, -0.2) is 0 Å². The maximum absolute atomic E-state index is 11.9. The third-order valence-corrected chi connectivity index (χ3v) is 8.34. The Morgan fingerprint density at radius 1 is 1.14 bits per heavy atom. The van der Waals surface area contributed by atoms with E-state index in [-0.39, 0.29) is 4.87 Å². The Morgan fingerprint density at radius 3 is 2.73 bits per heavy atom. The highest BCUT2D eigenvalue weighted by Gasteiger charge is 2.54. The van der Waals surface area contributed by atoms with Crippen LogP contribution in [-0.2, 0) is 0 Å². The van der Waals surface area contributed by atoms with Crippen LogP contribution in [0.15, 0.2) is 34.1 Å². The van der Waals surface area contributed by atoms with Crippen LogP contribution in [0, 0.1) is 17.8 Å². The molecular weight excluding hydrogens is 314 g/mol. The van der Waals surface area contributed by atoms with E-state index in [0.29, 0.717) is 22.8 Å². The first kappa shape index (κ1) is 13.3. The molecule has 0 spiro atoms. The van der Waals surface area contributed by atoms with Crippen LogP contribution in [0.4, 0.5) is 0 Å². The number of nitrogens with one attached hydrogen (secondary N) is 1. The average Bonchev–Trinajstić information content (AvgIpc) is 3.19. The molecule has 5 atom stereocenters. The van der Waals surface area contributed by atoms with Crippen LogP contribution in [0.2, 0.25) is 0 Å². The van der Waals surface area contributed by atoms with Crippen LogP contribution in [-0.4, -0.2) is 15.3 Å². The third kappa shape index (κ3) is 1.78. The number of benzene rings is 1. The summed E-state index contributed by atoms with van der Waals surface area (Å²) in [5.41, 5.74) is 1.25. The summed E-state index contributed by atoms with van der Waals surface area (Å²) in [5, 5.41) is 11.3. The molecule has 5 heteroatoms. The van der Waals surface area contributed by atoms with Crippen molar-refractivity contribution in [3.63, 3.8) is 0 Å². The molecule has 2 heterocycles. The molecule has 1 aromatic heterocycles. The molecule has 0 saturated heterocycles. The molecule has 1 aromatic carbocycles. The minimum Gasteiger partial charge on any atom is -0.508 e. The van der Waals surface area contributed by atoms with Gasteiger partial charge in [0.05, 0.1) is 5.03 Å². The average molecular weight is 331 g/mol. The van der Waals surface area contributed by atoms with Crippen LogP contribution >= 0.6 is 23.1 Å². The van der Waals surface area contributed by atoms with E-state index in [1.165, 1.54) is 41.0 Å². The summed E-state index contributed by atoms with van der Waals surface area (Å²) in [6.45, 7) is 0. The molecule has 22 heavy (non-hydrogen) atoms. The van der Waals surface area contributed by atoms with Crippen LogP contribution in [0.25, 0.3) is 0 Å². The second-order valence-corrected chi connectivity index (χ2v) is 8.97. The quantitative estimate of drug-likeness (QED) is 0.836. The predicted molar refractivity (Wildman–Crippen MR) is 88.9 cm³/mol. The van der Waals surface area contributed by atoms with Gasteiger partial charge in [0.2, 0.25) is 0 Å². The van der Waals surface area contributed by atoms with Crippen LogP contribution < -0.4 is 4.87 Å². The number of rotatable bonds is 1. The second kappa shape index (κ2) is 4.65. The van der Waals surface area contributed by atoms with E-state index in [0.717, 1.165) is 16.9 Å². The van der Waals surface area contributed by atoms with Gasteiger partial charge in [-0.15, -0.1) is 11.8 Å². The fraction of sp³-hybridized carbons (Fsp3) is 0.471. The SMILES string of the molecule is O=c1[nH]c2c(s1)[C@H](c1ccc(O)cc1)[C@H]1[C@@H]3CC[C@H](C3)[C@H]1S2. The summed E-state index contributed by atoms with van der Waals surface area (Å²) in [6.07, 6.45) is 4.05. The molecule has 2 fully saturated rings. The van der Waals surface area contributed by atoms with E-state index < -0.39 is 0 Å². The lowest BCUT2D eigenvalue weighted by atomic mass is 9.75. The Balaban J connectivity index is 1.68. The van der Waals surface area contributed by atoms with Gasteiger partial charge in [-0.3, -0.25) is 4.79 Å². The number of thioether (sulfide) groups is 1. The number of aromatic amines is 1. The Morgan fingerprint density at radius 2 is 1.91 bits per heavy atom. The highest BCUT2D eigenvalue weighted by atomic mass is 32.2. The van der Waals surface area contributed by atoms with Gasteiger partial charge in [-0.1, -0.05) is 23.5 Å². The highest BCUT2D eigenvalue weighted by Crippen LogP contribution is 2.63. The molecule has 2 N–H and O–H groups in total. The van der Waals surface area contributed by atoms with Crippen LogP contribution in [0.1, 0.15) is 35.6 Å². The first-order valence-electron chi connectivity index (χ1n) is 7.89. The van der Waals surface area contributed by atoms with Gasteiger partial charge in [0.15, 0.2) is 0 Å². The summed E-state index contributed by atoms with van der Waals surface area (Å²) in [4.78, 5) is 16.2. The van der Waals surface area contributed by atoms with E-state index in [2.05, 4.69) is 4.98 Å². The van der Waals surface area contributed by atoms with Crippen molar-refractivity contribution in [3.05, 3.63) is 44.4 Å². The molecule has 114 valence electrons. The van der Waals surface area contributed by atoms with Gasteiger partial charge in [0.1, 0.15) is 5.75 Å². The van der Waals surface area contributed by atoms with E-state index in [1.54, 1.807) is 12.1 Å². The molecule has 0 unspecified atom stereocenters. The number of hydrogen-bond acceptors (Lipinski definition) is 4. The summed E-state index contributed by atoms with van der Waals surface area (Å²) in [6, 6.07) is 7.61. The van der Waals surface area contributed by atoms with Gasteiger partial charge in [0, 0.05) is 16.0 Å². The molecule has 2 aliphatic carbocycles. The minimum atomic E-state index is 0.0635. The lowest BCUT2D eigenvalue weighted by molar-refractivity contribution is 0.307. The van der Waals surface area contributed by atoms with E-state index >= 15 is 0 Å². The van der Waals surface area contributed by atoms with Gasteiger partial charge in [-0.05, 0) is 54.7 Å². The van der Waals surface area contributed by atoms with Gasteiger partial charge >= 0.3 is 4.87 Å². The normalized spacial score (nSPS) is 35.4. The maximum atomic E-state index is 11.9. The number of phenols is 1. The zero-order chi connectivity index (χ0) is 14.8. The number of fused-ring (bicyclic) bond motifs is 6. The lowest BCUT2D eigenvalue weighted by Gasteiger charge is -2.40. The molecule has 0 amide bonds. The van der Waals surface area contributed by atoms with Gasteiger partial charge in [0.25, 0.3) is 0 Å². The van der Waals surface area contributed by atoms with Gasteiger partial charge < -0.3 is 10.1 Å². The van der Waals surface area contributed by atoms with Crippen molar-refractivity contribution in [2.24, 2.45) is 17.8 Å². The van der Waals surface area contributed by atoms with Crippen LogP contribution in [0.3, 0.4) is 0 Å². The lowest BCUT2D eigenvalue weighted by Crippen LogP contribution is -2.33. The predicted octanol–water partition coefficient (Wildman–Crippen LogP) is 3.79. The topological polar surface area (TPSA) is 53.1 Å². The van der Waals surface area contributed by atoms with Crippen molar-refractivity contribution in [2.45, 2.75) is 35.5 Å². The smallest absolute Gasteiger partial charge is 0.305 e. The standard InChI is InChI=1S/C17H17NO2S2/c19-11-5-3-8(4-6-11)12-13-9-1-2-10(7-9)14(13)21-16-15(12)22-17(20)18-16/h3-6,9-10,12-14,19H,1-2,7H2,(H,18,20)/t9-,10-,12-,13-,14-/m1/s1. The van der Waals surface area contributed by atoms with E-state index in [9.17, 15) is 9.90 Å². The Labute approximate surface area is 136 Å². The summed E-state index contributed by atoms with van der Waals surface area (Å²) in [5.74, 6) is 2.89. The largest absolute Gasteiger partial charge is 0.508 e. The zero-order valence-corrected chi connectivity index (χ0v) is 13.6. The molecule has 2 bridgehead atoms. The third-order valence-electron chi connectivity index (χ3n) is 5.72. The number of hydrogen-bond donors (Lipinski definition) is 2. The molecule has 2 saturated carbocycles. The first-order valence-corrected chi connectivity index (χ1v) is 9.59. The second-order valence-electron chi connectivity index (χ2n) is 6.77. The van der Waals surface area contributed by atoms with Crippen molar-refractivity contribution >= 4 is 23.1 Å². The molecule has 3 aliphatic rings. The molecule has 2 aromatic rings. The van der Waals surface area contributed by atoms with Crippen molar-refractivity contribution in [2.75, 3.05) is 0 Å². The Kier molecular flexibility index (Phi) is 2.80. The van der Waals surface area contributed by atoms with Crippen molar-refractivity contribution in [1.29, 1.82) is 0 Å². The number of aromatic hydroxyl groups is 1. The first-order chi connectivity index (χ1) is 10.7. The maximum Gasteiger partial charge on any atom is 0.305 e. The Bertz CT molecular complexity index is 779. The number of thiazole rings is 1. The summed E-state index contributed by atoms with van der Waals surface area (Å²) in [7, 11) is 0. The summed E-state index contributed by atoms with van der Waals surface area (Å²) < 4.78 is 0. The fourth-order valence-corrected chi connectivity index (χ4v) is 7.80. The minimum absolute atomic E-state index is 0.0635. The number of H-pyrrole nitrogens is 1. The van der Waals surface area contributed by atoms with Crippen molar-refractivity contribution < 1.29 is 5.11 Å². The number of aromatic nitrogens is 1. The fourth-order valence-electron chi connectivity index (χ4n) is 4.90. The highest BCUT2D eigenvalue weighted by molar-refractivity contribution is 8.00.